The standard InChI is InChI=1S/C12H15BrN4O2/c13-9-3-1-5-15-10(9)16-11(18)12(19)17-7-2-4-14-6-8-17/h1,3,5,14H,2,4,6-8H2,(H,15,16,18). The third-order valence-electron chi connectivity index (χ3n) is 2.81. The fourth-order valence-corrected chi connectivity index (χ4v) is 2.19. The van der Waals surface area contributed by atoms with Crippen LogP contribution in [-0.4, -0.2) is 47.9 Å². The molecule has 2 rings (SSSR count). The zero-order valence-corrected chi connectivity index (χ0v) is 11.9. The van der Waals surface area contributed by atoms with Crippen molar-refractivity contribution in [1.82, 2.24) is 15.2 Å². The van der Waals surface area contributed by atoms with Crippen molar-refractivity contribution in [2.24, 2.45) is 0 Å². The Morgan fingerprint density at radius 1 is 1.37 bits per heavy atom. The second-order valence-electron chi connectivity index (χ2n) is 4.18. The maximum atomic E-state index is 12.0. The minimum atomic E-state index is -0.652. The molecule has 2 amide bonds. The largest absolute Gasteiger partial charge is 0.333 e. The second-order valence-corrected chi connectivity index (χ2v) is 5.04. The fraction of sp³-hybridized carbons (Fsp3) is 0.417. The molecule has 0 spiro atoms. The van der Waals surface area contributed by atoms with Crippen LogP contribution in [0.15, 0.2) is 22.8 Å². The van der Waals surface area contributed by atoms with Gasteiger partial charge in [-0.15, -0.1) is 0 Å². The van der Waals surface area contributed by atoms with Crippen molar-refractivity contribution in [3.8, 4) is 0 Å². The quantitative estimate of drug-likeness (QED) is 0.741. The van der Waals surface area contributed by atoms with E-state index in [1.807, 2.05) is 0 Å². The first-order chi connectivity index (χ1) is 9.18. The van der Waals surface area contributed by atoms with Gasteiger partial charge in [-0.25, -0.2) is 4.98 Å². The van der Waals surface area contributed by atoms with Crippen molar-refractivity contribution in [3.63, 3.8) is 0 Å². The Labute approximate surface area is 119 Å². The van der Waals surface area contributed by atoms with Crippen molar-refractivity contribution in [3.05, 3.63) is 22.8 Å². The van der Waals surface area contributed by atoms with Gasteiger partial charge in [-0.3, -0.25) is 9.59 Å². The third-order valence-corrected chi connectivity index (χ3v) is 3.45. The summed E-state index contributed by atoms with van der Waals surface area (Å²) >= 11 is 3.27. The molecule has 0 bridgehead atoms. The number of carbonyl (C=O) groups is 2. The molecule has 1 aliphatic rings. The van der Waals surface area contributed by atoms with E-state index in [4.69, 9.17) is 0 Å². The molecular weight excluding hydrogens is 312 g/mol. The van der Waals surface area contributed by atoms with Crippen LogP contribution >= 0.6 is 15.9 Å². The molecule has 0 radical (unpaired) electrons. The van der Waals surface area contributed by atoms with Crippen molar-refractivity contribution >= 4 is 33.6 Å². The van der Waals surface area contributed by atoms with Gasteiger partial charge in [0.2, 0.25) is 0 Å². The monoisotopic (exact) mass is 326 g/mol. The van der Waals surface area contributed by atoms with Gasteiger partial charge < -0.3 is 15.5 Å². The first-order valence-corrected chi connectivity index (χ1v) is 6.89. The van der Waals surface area contributed by atoms with Crippen molar-refractivity contribution in [2.75, 3.05) is 31.5 Å². The predicted octanol–water partition coefficient (Wildman–Crippen LogP) is 0.604. The molecule has 1 aromatic rings. The zero-order valence-electron chi connectivity index (χ0n) is 10.4. The molecule has 19 heavy (non-hydrogen) atoms. The smallest absolute Gasteiger partial charge is 0.315 e. The Morgan fingerprint density at radius 2 is 2.21 bits per heavy atom. The van der Waals surface area contributed by atoms with Crippen LogP contribution in [0.25, 0.3) is 0 Å². The van der Waals surface area contributed by atoms with Gasteiger partial charge in [0.1, 0.15) is 5.82 Å². The highest BCUT2D eigenvalue weighted by atomic mass is 79.9. The van der Waals surface area contributed by atoms with E-state index >= 15 is 0 Å². The molecule has 1 fully saturated rings. The number of aromatic nitrogens is 1. The van der Waals surface area contributed by atoms with E-state index in [0.29, 0.717) is 29.9 Å². The second kappa shape index (κ2) is 6.63. The molecule has 0 unspecified atom stereocenters. The SMILES string of the molecule is O=C(Nc1ncccc1Br)C(=O)N1CCCNCC1. The number of rotatable bonds is 1. The summed E-state index contributed by atoms with van der Waals surface area (Å²) in [5.41, 5.74) is 0. The van der Waals surface area contributed by atoms with Gasteiger partial charge in [-0.2, -0.15) is 0 Å². The van der Waals surface area contributed by atoms with Gasteiger partial charge >= 0.3 is 11.8 Å². The van der Waals surface area contributed by atoms with Crippen LogP contribution in [-0.2, 0) is 9.59 Å². The highest BCUT2D eigenvalue weighted by Crippen LogP contribution is 2.18. The molecule has 2 heterocycles. The Morgan fingerprint density at radius 3 is 3.00 bits per heavy atom. The number of halogens is 1. The lowest BCUT2D eigenvalue weighted by Gasteiger charge is -2.19. The maximum absolute atomic E-state index is 12.0. The van der Waals surface area contributed by atoms with Gasteiger partial charge in [0.25, 0.3) is 0 Å². The molecule has 2 N–H and O–H groups in total. The molecule has 1 saturated heterocycles. The summed E-state index contributed by atoms with van der Waals surface area (Å²) in [7, 11) is 0. The van der Waals surface area contributed by atoms with E-state index in [1.165, 1.54) is 0 Å². The summed E-state index contributed by atoms with van der Waals surface area (Å²) in [6.07, 6.45) is 2.41. The van der Waals surface area contributed by atoms with Crippen LogP contribution < -0.4 is 10.6 Å². The van der Waals surface area contributed by atoms with Gasteiger partial charge in [0, 0.05) is 25.8 Å². The molecule has 102 valence electrons. The third kappa shape index (κ3) is 3.74. The van der Waals surface area contributed by atoms with E-state index in [0.717, 1.165) is 13.0 Å². The Kier molecular flexibility index (Phi) is 4.86. The molecule has 6 nitrogen and oxygen atoms in total. The summed E-state index contributed by atoms with van der Waals surface area (Å²) in [6.45, 7) is 2.74. The molecule has 0 atom stereocenters. The Bertz CT molecular complexity index is 473. The fourth-order valence-electron chi connectivity index (χ4n) is 1.83. The average molecular weight is 327 g/mol. The van der Waals surface area contributed by atoms with Gasteiger partial charge in [0.05, 0.1) is 4.47 Å². The summed E-state index contributed by atoms with van der Waals surface area (Å²) < 4.78 is 0.647. The topological polar surface area (TPSA) is 74.3 Å². The number of nitrogens with zero attached hydrogens (tertiary/aromatic N) is 2. The normalized spacial score (nSPS) is 15.7. The van der Waals surface area contributed by atoms with E-state index < -0.39 is 11.8 Å². The number of pyridine rings is 1. The Hall–Kier alpha value is -1.47. The highest BCUT2D eigenvalue weighted by Gasteiger charge is 2.23. The van der Waals surface area contributed by atoms with Gasteiger partial charge in [0.15, 0.2) is 0 Å². The zero-order chi connectivity index (χ0) is 13.7. The summed E-state index contributed by atoms with van der Waals surface area (Å²) in [4.78, 5) is 29.5. The number of hydrogen-bond acceptors (Lipinski definition) is 4. The molecule has 0 saturated carbocycles. The van der Waals surface area contributed by atoms with Crippen molar-refractivity contribution < 1.29 is 9.59 Å². The van der Waals surface area contributed by atoms with Crippen LogP contribution in [0.4, 0.5) is 5.82 Å². The lowest BCUT2D eigenvalue weighted by atomic mass is 10.3. The van der Waals surface area contributed by atoms with Crippen LogP contribution in [0.1, 0.15) is 6.42 Å². The summed E-state index contributed by atoms with van der Waals surface area (Å²) in [6, 6.07) is 3.49. The minimum Gasteiger partial charge on any atom is -0.333 e. The van der Waals surface area contributed by atoms with Crippen LogP contribution in [0.3, 0.4) is 0 Å². The number of nitrogens with one attached hydrogen (secondary N) is 2. The van der Waals surface area contributed by atoms with E-state index in [2.05, 4.69) is 31.5 Å². The maximum Gasteiger partial charge on any atom is 0.315 e. The van der Waals surface area contributed by atoms with Crippen LogP contribution in [0, 0.1) is 0 Å². The van der Waals surface area contributed by atoms with Gasteiger partial charge in [-0.05, 0) is 41.0 Å². The first-order valence-electron chi connectivity index (χ1n) is 6.10. The first kappa shape index (κ1) is 14.0. The lowest BCUT2D eigenvalue weighted by molar-refractivity contribution is -0.143. The van der Waals surface area contributed by atoms with Crippen molar-refractivity contribution in [2.45, 2.75) is 6.42 Å². The molecule has 1 aliphatic heterocycles. The van der Waals surface area contributed by atoms with Crippen molar-refractivity contribution in [1.29, 1.82) is 0 Å². The summed E-state index contributed by atoms with van der Waals surface area (Å²) in [5.74, 6) is -0.809. The molecular formula is C12H15BrN4O2. The number of carbonyl (C=O) groups excluding carboxylic acids is 2. The number of hydrogen-bond donors (Lipinski definition) is 2. The van der Waals surface area contributed by atoms with Crippen LogP contribution in [0.5, 0.6) is 0 Å². The average Bonchev–Trinajstić information content (AvgIpc) is 2.69. The Balaban J connectivity index is 1.99. The molecule has 0 aliphatic carbocycles. The van der Waals surface area contributed by atoms with Crippen LogP contribution in [0.2, 0.25) is 0 Å². The number of anilines is 1. The van der Waals surface area contributed by atoms with E-state index in [9.17, 15) is 9.59 Å². The van der Waals surface area contributed by atoms with E-state index in [1.54, 1.807) is 23.2 Å². The van der Waals surface area contributed by atoms with E-state index in [-0.39, 0.29) is 0 Å². The minimum absolute atomic E-state index is 0.355. The molecule has 7 heteroatoms. The lowest BCUT2D eigenvalue weighted by Crippen LogP contribution is -2.41. The highest BCUT2D eigenvalue weighted by molar-refractivity contribution is 9.10. The van der Waals surface area contributed by atoms with Gasteiger partial charge in [-0.1, -0.05) is 0 Å². The number of amides is 2. The summed E-state index contributed by atoms with van der Waals surface area (Å²) in [5, 5.41) is 5.70. The predicted molar refractivity (Wildman–Crippen MR) is 74.6 cm³/mol. The molecule has 0 aromatic carbocycles. The molecule has 1 aromatic heterocycles.